The fraction of sp³-hybridized carbons (Fsp3) is 0.273. The molecule has 1 N–H and O–H groups in total. The second kappa shape index (κ2) is 7.72. The largest absolute Gasteiger partial charge is 0.494 e. The first kappa shape index (κ1) is 18.6. The maximum Gasteiger partial charge on any atom is 0.235 e. The number of aromatic nitrogens is 2. The number of nitrogens with one attached hydrogen (secondary N) is 1. The van der Waals surface area contributed by atoms with Crippen LogP contribution in [0, 0.1) is 13.8 Å². The van der Waals surface area contributed by atoms with Crippen LogP contribution in [0.3, 0.4) is 0 Å². The van der Waals surface area contributed by atoms with Crippen LogP contribution in [0.5, 0.6) is 5.75 Å². The number of carbonyl (C=O) groups excluding carboxylic acids is 1. The number of amides is 1. The first-order chi connectivity index (χ1) is 13.6. The minimum atomic E-state index is -0.0322. The minimum Gasteiger partial charge on any atom is -0.494 e. The zero-order valence-electron chi connectivity index (χ0n) is 16.2. The Labute approximate surface area is 169 Å². The SMILES string of the molecule is CCOc1ccccc1[C@@H]1SCC(=O)Nc2c1c(C)nn2-c1cccc(C)c1. The van der Waals surface area contributed by atoms with Crippen LogP contribution in [0.2, 0.25) is 0 Å². The number of fused-ring (bicyclic) bond motifs is 1. The standard InChI is InChI=1S/C22H23N3O2S/c1-4-27-18-11-6-5-10-17(18)21-20-15(3)24-25(16-9-7-8-14(2)12-16)22(20)23-19(26)13-28-21/h5-12,21H,4,13H2,1-3H3,(H,23,26)/t21-/m0/s1. The molecule has 0 unspecified atom stereocenters. The van der Waals surface area contributed by atoms with E-state index in [0.29, 0.717) is 12.4 Å². The highest BCUT2D eigenvalue weighted by Gasteiger charge is 2.32. The maximum absolute atomic E-state index is 12.5. The second-order valence-corrected chi connectivity index (χ2v) is 7.90. The van der Waals surface area contributed by atoms with Crippen molar-refractivity contribution in [1.82, 2.24) is 9.78 Å². The van der Waals surface area contributed by atoms with E-state index in [0.717, 1.165) is 39.6 Å². The highest BCUT2D eigenvalue weighted by atomic mass is 32.2. The van der Waals surface area contributed by atoms with Gasteiger partial charge in [0.25, 0.3) is 0 Å². The monoisotopic (exact) mass is 393 g/mol. The minimum absolute atomic E-state index is 0.0172. The molecule has 0 aliphatic carbocycles. The fourth-order valence-electron chi connectivity index (χ4n) is 3.56. The average molecular weight is 394 g/mol. The molecular weight excluding hydrogens is 370 g/mol. The molecule has 0 saturated carbocycles. The number of benzene rings is 2. The van der Waals surface area contributed by atoms with Gasteiger partial charge in [0.05, 0.1) is 29.0 Å². The lowest BCUT2D eigenvalue weighted by Crippen LogP contribution is -2.15. The third-order valence-electron chi connectivity index (χ3n) is 4.76. The summed E-state index contributed by atoms with van der Waals surface area (Å²) in [5.74, 6) is 1.96. The molecule has 0 saturated heterocycles. The molecular formula is C22H23N3O2S. The molecule has 2 aromatic carbocycles. The van der Waals surface area contributed by atoms with E-state index in [1.54, 1.807) is 11.8 Å². The van der Waals surface area contributed by atoms with Gasteiger partial charge in [-0.25, -0.2) is 4.68 Å². The molecule has 0 bridgehead atoms. The summed E-state index contributed by atoms with van der Waals surface area (Å²) in [6.07, 6.45) is 0. The zero-order valence-corrected chi connectivity index (χ0v) is 17.0. The number of ether oxygens (including phenoxy) is 1. The molecule has 3 aromatic rings. The number of hydrogen-bond donors (Lipinski definition) is 1. The lowest BCUT2D eigenvalue weighted by molar-refractivity contribution is -0.113. The summed E-state index contributed by atoms with van der Waals surface area (Å²) >= 11 is 1.61. The van der Waals surface area contributed by atoms with Gasteiger partial charge < -0.3 is 10.1 Å². The van der Waals surface area contributed by atoms with Crippen molar-refractivity contribution in [2.24, 2.45) is 0 Å². The normalized spacial score (nSPS) is 16.2. The van der Waals surface area contributed by atoms with Crippen LogP contribution in [0.1, 0.15) is 34.6 Å². The van der Waals surface area contributed by atoms with E-state index in [4.69, 9.17) is 9.84 Å². The van der Waals surface area contributed by atoms with Gasteiger partial charge in [-0.15, -0.1) is 11.8 Å². The predicted octanol–water partition coefficient (Wildman–Crippen LogP) is 4.66. The first-order valence-corrected chi connectivity index (χ1v) is 10.4. The first-order valence-electron chi connectivity index (χ1n) is 9.38. The molecule has 4 rings (SSSR count). The highest BCUT2D eigenvalue weighted by Crippen LogP contribution is 2.46. The van der Waals surface area contributed by atoms with E-state index in [2.05, 4.69) is 17.4 Å². The molecule has 1 aliphatic heterocycles. The van der Waals surface area contributed by atoms with Gasteiger partial charge in [0, 0.05) is 11.1 Å². The van der Waals surface area contributed by atoms with Gasteiger partial charge in [-0.1, -0.05) is 30.3 Å². The van der Waals surface area contributed by atoms with Crippen LogP contribution in [0.25, 0.3) is 5.69 Å². The smallest absolute Gasteiger partial charge is 0.235 e. The summed E-state index contributed by atoms with van der Waals surface area (Å²) in [4.78, 5) is 12.5. The van der Waals surface area contributed by atoms with Crippen molar-refractivity contribution in [2.75, 3.05) is 17.7 Å². The van der Waals surface area contributed by atoms with E-state index in [-0.39, 0.29) is 11.2 Å². The molecule has 2 heterocycles. The van der Waals surface area contributed by atoms with Crippen LogP contribution < -0.4 is 10.1 Å². The van der Waals surface area contributed by atoms with Crippen molar-refractivity contribution in [2.45, 2.75) is 26.0 Å². The van der Waals surface area contributed by atoms with Gasteiger partial charge in [-0.05, 0) is 44.5 Å². The molecule has 0 fully saturated rings. The number of anilines is 1. The topological polar surface area (TPSA) is 56.1 Å². The summed E-state index contributed by atoms with van der Waals surface area (Å²) in [6, 6.07) is 16.2. The van der Waals surface area contributed by atoms with E-state index in [9.17, 15) is 4.79 Å². The average Bonchev–Trinajstić information content (AvgIpc) is 2.89. The number of carbonyl (C=O) groups is 1. The zero-order chi connectivity index (χ0) is 19.7. The van der Waals surface area contributed by atoms with Crippen molar-refractivity contribution >= 4 is 23.5 Å². The van der Waals surface area contributed by atoms with Crippen molar-refractivity contribution in [3.63, 3.8) is 0 Å². The molecule has 5 nitrogen and oxygen atoms in total. The summed E-state index contributed by atoms with van der Waals surface area (Å²) < 4.78 is 7.72. The Morgan fingerprint density at radius 1 is 1.21 bits per heavy atom. The summed E-state index contributed by atoms with van der Waals surface area (Å²) in [7, 11) is 0. The molecule has 1 aliphatic rings. The van der Waals surface area contributed by atoms with Crippen molar-refractivity contribution in [3.8, 4) is 11.4 Å². The van der Waals surface area contributed by atoms with Gasteiger partial charge >= 0.3 is 0 Å². The van der Waals surface area contributed by atoms with Crippen molar-refractivity contribution in [3.05, 3.63) is 70.9 Å². The number of para-hydroxylation sites is 1. The van der Waals surface area contributed by atoms with Crippen LogP contribution in [-0.4, -0.2) is 28.0 Å². The lowest BCUT2D eigenvalue weighted by atomic mass is 10.0. The Kier molecular flexibility index (Phi) is 5.13. The number of nitrogens with zero attached hydrogens (tertiary/aromatic N) is 2. The fourth-order valence-corrected chi connectivity index (χ4v) is 4.77. The van der Waals surface area contributed by atoms with Crippen molar-refractivity contribution in [1.29, 1.82) is 0 Å². The number of thioether (sulfide) groups is 1. The third kappa shape index (κ3) is 3.40. The van der Waals surface area contributed by atoms with E-state index >= 15 is 0 Å². The summed E-state index contributed by atoms with van der Waals surface area (Å²) in [6.45, 7) is 6.63. The van der Waals surface area contributed by atoms with Gasteiger partial charge in [-0.2, -0.15) is 5.10 Å². The van der Waals surface area contributed by atoms with E-state index in [1.807, 2.05) is 61.9 Å². The number of hydrogen-bond acceptors (Lipinski definition) is 4. The quantitative estimate of drug-likeness (QED) is 0.700. The molecule has 6 heteroatoms. The number of aryl methyl sites for hydroxylation is 2. The molecule has 0 spiro atoms. The molecule has 1 aromatic heterocycles. The Morgan fingerprint density at radius 3 is 2.82 bits per heavy atom. The number of rotatable bonds is 4. The second-order valence-electron chi connectivity index (χ2n) is 6.81. The molecule has 144 valence electrons. The van der Waals surface area contributed by atoms with Gasteiger partial charge in [0.1, 0.15) is 11.6 Å². The molecule has 1 atom stereocenters. The third-order valence-corrected chi connectivity index (χ3v) is 6.01. The lowest BCUT2D eigenvalue weighted by Gasteiger charge is -2.19. The Hall–Kier alpha value is -2.73. The van der Waals surface area contributed by atoms with E-state index < -0.39 is 0 Å². The molecule has 1 amide bonds. The Bertz CT molecular complexity index is 1030. The summed E-state index contributed by atoms with van der Waals surface area (Å²) in [5.41, 5.74) is 5.09. The highest BCUT2D eigenvalue weighted by molar-refractivity contribution is 8.00. The van der Waals surface area contributed by atoms with Crippen LogP contribution in [0.15, 0.2) is 48.5 Å². The van der Waals surface area contributed by atoms with Gasteiger partial charge in [-0.3, -0.25) is 4.79 Å². The van der Waals surface area contributed by atoms with Gasteiger partial charge in [0.15, 0.2) is 0 Å². The van der Waals surface area contributed by atoms with Crippen LogP contribution in [0.4, 0.5) is 5.82 Å². The molecule has 0 radical (unpaired) electrons. The van der Waals surface area contributed by atoms with Crippen LogP contribution in [-0.2, 0) is 4.79 Å². The van der Waals surface area contributed by atoms with E-state index in [1.165, 1.54) is 0 Å². The Morgan fingerprint density at radius 2 is 2.04 bits per heavy atom. The van der Waals surface area contributed by atoms with Crippen LogP contribution >= 0.6 is 11.8 Å². The maximum atomic E-state index is 12.5. The predicted molar refractivity (Wildman–Crippen MR) is 114 cm³/mol. The van der Waals surface area contributed by atoms with Gasteiger partial charge in [0.2, 0.25) is 5.91 Å². The molecule has 28 heavy (non-hydrogen) atoms. The Balaban J connectivity index is 1.90. The summed E-state index contributed by atoms with van der Waals surface area (Å²) in [5, 5.41) is 7.83. The van der Waals surface area contributed by atoms with Crippen molar-refractivity contribution < 1.29 is 9.53 Å².